The molecule has 0 spiro atoms. The molecule has 1 aromatic carbocycles. The number of carbonyl (C=O) groups excluding carboxylic acids is 1. The van der Waals surface area contributed by atoms with Gasteiger partial charge >= 0.3 is 5.97 Å². The van der Waals surface area contributed by atoms with E-state index in [0.717, 1.165) is 5.56 Å². The smallest absolute Gasteiger partial charge is 0.309 e. The standard InChI is InChI=1S/C20H32O4Si/c1-20(2,3)25(5,6)24-14-17-16(18(17)19(21)22-4)13-23-12-15-10-8-7-9-11-15/h7-11,16-18H,12-14H2,1-6H3/t16-,17+,18-/m1/s1. The quantitative estimate of drug-likeness (QED) is 0.511. The van der Waals surface area contributed by atoms with Crippen molar-refractivity contribution in [3.05, 3.63) is 35.9 Å². The van der Waals surface area contributed by atoms with Crippen LogP contribution in [0.1, 0.15) is 26.3 Å². The lowest BCUT2D eigenvalue weighted by Gasteiger charge is -2.36. The second kappa shape index (κ2) is 8.02. The zero-order valence-electron chi connectivity index (χ0n) is 16.4. The molecule has 1 fully saturated rings. The Morgan fingerprint density at radius 1 is 1.08 bits per heavy atom. The molecule has 0 aliphatic heterocycles. The summed E-state index contributed by atoms with van der Waals surface area (Å²) < 4.78 is 17.1. The molecule has 0 N–H and O–H groups in total. The maximum atomic E-state index is 12.0. The Kier molecular flexibility index (Phi) is 6.46. The van der Waals surface area contributed by atoms with Crippen LogP contribution in [-0.2, 0) is 25.3 Å². The van der Waals surface area contributed by atoms with Gasteiger partial charge in [0.1, 0.15) is 0 Å². The predicted octanol–water partition coefficient (Wildman–Crippen LogP) is 4.26. The zero-order chi connectivity index (χ0) is 18.7. The first-order chi connectivity index (χ1) is 11.7. The summed E-state index contributed by atoms with van der Waals surface area (Å²) in [5.41, 5.74) is 1.15. The third-order valence-electron chi connectivity index (χ3n) is 5.67. The topological polar surface area (TPSA) is 44.8 Å². The molecule has 0 heterocycles. The van der Waals surface area contributed by atoms with E-state index in [1.54, 1.807) is 0 Å². The molecule has 0 unspecified atom stereocenters. The van der Waals surface area contributed by atoms with Gasteiger partial charge in [-0.25, -0.2) is 0 Å². The van der Waals surface area contributed by atoms with Crippen molar-refractivity contribution in [3.63, 3.8) is 0 Å². The van der Waals surface area contributed by atoms with Gasteiger partial charge in [0.05, 0.1) is 26.2 Å². The first-order valence-electron chi connectivity index (χ1n) is 9.01. The van der Waals surface area contributed by atoms with Gasteiger partial charge in [0.25, 0.3) is 0 Å². The second-order valence-corrected chi connectivity index (χ2v) is 13.3. The summed E-state index contributed by atoms with van der Waals surface area (Å²) in [4.78, 5) is 12.0. The van der Waals surface area contributed by atoms with E-state index >= 15 is 0 Å². The summed E-state index contributed by atoms with van der Waals surface area (Å²) in [5, 5.41) is 0.169. The Labute approximate surface area is 153 Å². The molecule has 0 saturated heterocycles. The lowest BCUT2D eigenvalue weighted by molar-refractivity contribution is -0.143. The summed E-state index contributed by atoms with van der Waals surface area (Å²) in [6, 6.07) is 10.1. The van der Waals surface area contributed by atoms with E-state index in [1.165, 1.54) is 7.11 Å². The van der Waals surface area contributed by atoms with Crippen LogP contribution in [0.25, 0.3) is 0 Å². The minimum absolute atomic E-state index is 0.0921. The highest BCUT2D eigenvalue weighted by Crippen LogP contribution is 2.49. The Hall–Kier alpha value is -1.17. The van der Waals surface area contributed by atoms with Crippen molar-refractivity contribution in [1.29, 1.82) is 0 Å². The first kappa shape index (κ1) is 20.1. The van der Waals surface area contributed by atoms with Crippen LogP contribution in [0.4, 0.5) is 0 Å². The molecule has 25 heavy (non-hydrogen) atoms. The van der Waals surface area contributed by atoms with Crippen LogP contribution in [0.3, 0.4) is 0 Å². The monoisotopic (exact) mass is 364 g/mol. The summed E-state index contributed by atoms with van der Waals surface area (Å²) >= 11 is 0. The van der Waals surface area contributed by atoms with Crippen LogP contribution in [0, 0.1) is 17.8 Å². The molecule has 4 nitrogen and oxygen atoms in total. The van der Waals surface area contributed by atoms with Gasteiger partial charge in [-0.15, -0.1) is 0 Å². The van der Waals surface area contributed by atoms with E-state index in [4.69, 9.17) is 13.9 Å². The summed E-state index contributed by atoms with van der Waals surface area (Å²) in [6.45, 7) is 12.9. The maximum Gasteiger partial charge on any atom is 0.309 e. The molecule has 1 saturated carbocycles. The number of rotatable bonds is 8. The maximum absolute atomic E-state index is 12.0. The van der Waals surface area contributed by atoms with Crippen molar-refractivity contribution >= 4 is 14.3 Å². The number of ether oxygens (including phenoxy) is 2. The fraction of sp³-hybridized carbons (Fsp3) is 0.650. The molecule has 0 amide bonds. The zero-order valence-corrected chi connectivity index (χ0v) is 17.4. The molecular formula is C20H32O4Si. The Bertz CT molecular complexity index is 565. The van der Waals surface area contributed by atoms with Gasteiger partial charge in [0, 0.05) is 18.4 Å². The van der Waals surface area contributed by atoms with Crippen LogP contribution >= 0.6 is 0 Å². The second-order valence-electron chi connectivity index (χ2n) is 8.45. The number of esters is 1. The van der Waals surface area contributed by atoms with Gasteiger partial charge < -0.3 is 13.9 Å². The highest BCUT2D eigenvalue weighted by atomic mass is 28.4. The molecule has 140 valence electrons. The van der Waals surface area contributed by atoms with Crippen molar-refractivity contribution in [1.82, 2.24) is 0 Å². The van der Waals surface area contributed by atoms with Crippen molar-refractivity contribution in [3.8, 4) is 0 Å². The van der Waals surface area contributed by atoms with Crippen LogP contribution in [-0.4, -0.2) is 34.6 Å². The molecule has 5 heteroatoms. The number of hydrogen-bond donors (Lipinski definition) is 0. The van der Waals surface area contributed by atoms with Crippen molar-refractivity contribution in [2.24, 2.45) is 17.8 Å². The molecule has 1 aromatic rings. The average molecular weight is 365 g/mol. The minimum atomic E-state index is -1.81. The van der Waals surface area contributed by atoms with Gasteiger partial charge in [0.15, 0.2) is 8.32 Å². The van der Waals surface area contributed by atoms with E-state index < -0.39 is 8.32 Å². The highest BCUT2D eigenvalue weighted by Gasteiger charge is 2.56. The molecule has 1 aliphatic carbocycles. The average Bonchev–Trinajstić information content (AvgIpc) is 3.25. The lowest BCUT2D eigenvalue weighted by atomic mass is 10.2. The van der Waals surface area contributed by atoms with Gasteiger partial charge in [-0.05, 0) is 23.7 Å². The number of methoxy groups -OCH3 is 1. The Morgan fingerprint density at radius 3 is 2.24 bits per heavy atom. The number of hydrogen-bond acceptors (Lipinski definition) is 4. The van der Waals surface area contributed by atoms with Crippen LogP contribution in [0.5, 0.6) is 0 Å². The molecule has 2 rings (SSSR count). The van der Waals surface area contributed by atoms with E-state index in [1.807, 2.05) is 30.3 Å². The van der Waals surface area contributed by atoms with Gasteiger partial charge in [-0.3, -0.25) is 4.79 Å². The Morgan fingerprint density at radius 2 is 1.68 bits per heavy atom. The summed E-state index contributed by atoms with van der Waals surface area (Å²) in [5.74, 6) is 0.168. The molecule has 0 aromatic heterocycles. The highest BCUT2D eigenvalue weighted by molar-refractivity contribution is 6.74. The number of carbonyl (C=O) groups is 1. The van der Waals surface area contributed by atoms with Gasteiger partial charge in [-0.1, -0.05) is 51.1 Å². The number of benzene rings is 1. The predicted molar refractivity (Wildman–Crippen MR) is 102 cm³/mol. The van der Waals surface area contributed by atoms with E-state index in [0.29, 0.717) is 19.8 Å². The largest absolute Gasteiger partial charge is 0.469 e. The van der Waals surface area contributed by atoms with E-state index in [9.17, 15) is 4.79 Å². The normalized spacial score (nSPS) is 23.4. The van der Waals surface area contributed by atoms with Crippen LogP contribution in [0.15, 0.2) is 30.3 Å². The molecule has 0 radical (unpaired) electrons. The molecule has 3 atom stereocenters. The molecule has 1 aliphatic rings. The molecule has 0 bridgehead atoms. The van der Waals surface area contributed by atoms with Crippen molar-refractivity contribution in [2.75, 3.05) is 20.3 Å². The third-order valence-corrected chi connectivity index (χ3v) is 10.2. The fourth-order valence-corrected chi connectivity index (χ4v) is 3.84. The first-order valence-corrected chi connectivity index (χ1v) is 11.9. The van der Waals surface area contributed by atoms with Crippen LogP contribution < -0.4 is 0 Å². The van der Waals surface area contributed by atoms with Crippen molar-refractivity contribution < 1.29 is 18.7 Å². The van der Waals surface area contributed by atoms with E-state index in [-0.39, 0.29) is 28.8 Å². The van der Waals surface area contributed by atoms with Crippen LogP contribution in [0.2, 0.25) is 18.1 Å². The van der Waals surface area contributed by atoms with Gasteiger partial charge in [-0.2, -0.15) is 0 Å². The summed E-state index contributed by atoms with van der Waals surface area (Å²) in [7, 11) is -0.356. The molecular weight excluding hydrogens is 332 g/mol. The van der Waals surface area contributed by atoms with E-state index in [2.05, 4.69) is 33.9 Å². The lowest BCUT2D eigenvalue weighted by Crippen LogP contribution is -2.41. The third kappa shape index (κ3) is 5.15. The van der Waals surface area contributed by atoms with Gasteiger partial charge in [0.2, 0.25) is 0 Å². The Balaban J connectivity index is 1.87. The fourth-order valence-electron chi connectivity index (χ4n) is 2.79. The van der Waals surface area contributed by atoms with Crippen molar-refractivity contribution in [2.45, 2.75) is 45.5 Å². The minimum Gasteiger partial charge on any atom is -0.469 e. The SMILES string of the molecule is COC(=O)[C@@H]1[C@H](COCc2ccccc2)[C@@H]1CO[Si](C)(C)C(C)(C)C. The summed E-state index contributed by atoms with van der Waals surface area (Å²) in [6.07, 6.45) is 0.